The molecule has 1 aliphatic rings. The van der Waals surface area contributed by atoms with Crippen molar-refractivity contribution in [1.29, 1.82) is 0 Å². The van der Waals surface area contributed by atoms with Gasteiger partial charge in [0, 0.05) is 18.3 Å². The van der Waals surface area contributed by atoms with Gasteiger partial charge in [0.2, 0.25) is 5.91 Å². The molecule has 100 valence electrons. The number of carbonyl (C=O) groups excluding carboxylic acids is 1. The number of rotatable bonds is 6. The van der Waals surface area contributed by atoms with Crippen molar-refractivity contribution < 1.29 is 4.79 Å². The van der Waals surface area contributed by atoms with Crippen LogP contribution in [0.4, 0.5) is 5.69 Å². The van der Waals surface area contributed by atoms with Crippen molar-refractivity contribution in [2.75, 3.05) is 11.9 Å². The highest BCUT2D eigenvalue weighted by Crippen LogP contribution is 2.27. The Balaban J connectivity index is 1.69. The third-order valence-corrected chi connectivity index (χ3v) is 4.47. The molecule has 2 rings (SSSR count). The van der Waals surface area contributed by atoms with Crippen LogP contribution in [0.2, 0.25) is 0 Å². The average molecular weight is 266 g/mol. The van der Waals surface area contributed by atoms with Gasteiger partial charge in [-0.15, -0.1) is 11.3 Å². The SMILES string of the molecule is CC(=O)Nc1ccsc1CNCCC1CCCC1. The lowest BCUT2D eigenvalue weighted by Gasteiger charge is -2.10. The van der Waals surface area contributed by atoms with E-state index in [0.29, 0.717) is 0 Å². The Kier molecular flexibility index (Phi) is 5.20. The summed E-state index contributed by atoms with van der Waals surface area (Å²) in [5, 5.41) is 8.38. The summed E-state index contributed by atoms with van der Waals surface area (Å²) in [4.78, 5) is 12.3. The van der Waals surface area contributed by atoms with Crippen LogP contribution in [0.3, 0.4) is 0 Å². The number of hydrogen-bond acceptors (Lipinski definition) is 3. The molecule has 18 heavy (non-hydrogen) atoms. The van der Waals surface area contributed by atoms with E-state index in [0.717, 1.165) is 24.7 Å². The van der Waals surface area contributed by atoms with Crippen LogP contribution in [0.15, 0.2) is 11.4 Å². The zero-order valence-electron chi connectivity index (χ0n) is 11.0. The molecule has 3 nitrogen and oxygen atoms in total. The Bertz CT molecular complexity index is 383. The van der Waals surface area contributed by atoms with Gasteiger partial charge in [-0.2, -0.15) is 0 Å². The van der Waals surface area contributed by atoms with Gasteiger partial charge in [0.15, 0.2) is 0 Å². The van der Waals surface area contributed by atoms with Crippen molar-refractivity contribution in [3.8, 4) is 0 Å². The minimum Gasteiger partial charge on any atom is -0.325 e. The molecule has 1 fully saturated rings. The van der Waals surface area contributed by atoms with E-state index in [1.54, 1.807) is 18.3 Å². The Morgan fingerprint density at radius 1 is 1.44 bits per heavy atom. The molecular weight excluding hydrogens is 244 g/mol. The monoisotopic (exact) mass is 266 g/mol. The maximum Gasteiger partial charge on any atom is 0.221 e. The summed E-state index contributed by atoms with van der Waals surface area (Å²) in [5.74, 6) is 0.941. The first-order valence-electron chi connectivity index (χ1n) is 6.80. The zero-order chi connectivity index (χ0) is 12.8. The largest absolute Gasteiger partial charge is 0.325 e. The molecule has 0 atom stereocenters. The lowest BCUT2D eigenvalue weighted by molar-refractivity contribution is -0.114. The molecular formula is C14H22N2OS. The van der Waals surface area contributed by atoms with Crippen LogP contribution in [0.5, 0.6) is 0 Å². The standard InChI is InChI=1S/C14H22N2OS/c1-11(17)16-13-7-9-18-14(13)10-15-8-6-12-4-2-3-5-12/h7,9,12,15H,2-6,8,10H2,1H3,(H,16,17). The fourth-order valence-electron chi connectivity index (χ4n) is 2.59. The average Bonchev–Trinajstić information content (AvgIpc) is 2.95. The first-order valence-corrected chi connectivity index (χ1v) is 7.68. The smallest absolute Gasteiger partial charge is 0.221 e. The minimum atomic E-state index is 0.000561. The highest BCUT2D eigenvalue weighted by atomic mass is 32.1. The first-order chi connectivity index (χ1) is 8.75. The van der Waals surface area contributed by atoms with Gasteiger partial charge >= 0.3 is 0 Å². The topological polar surface area (TPSA) is 41.1 Å². The van der Waals surface area contributed by atoms with Crippen LogP contribution in [-0.2, 0) is 11.3 Å². The molecule has 1 aromatic rings. The van der Waals surface area contributed by atoms with E-state index in [-0.39, 0.29) is 5.91 Å². The van der Waals surface area contributed by atoms with Crippen LogP contribution in [0, 0.1) is 5.92 Å². The van der Waals surface area contributed by atoms with Crippen LogP contribution in [0.25, 0.3) is 0 Å². The van der Waals surface area contributed by atoms with E-state index in [4.69, 9.17) is 0 Å². The van der Waals surface area contributed by atoms with Gasteiger partial charge in [-0.3, -0.25) is 4.79 Å². The van der Waals surface area contributed by atoms with E-state index in [1.165, 1.54) is 37.0 Å². The van der Waals surface area contributed by atoms with E-state index < -0.39 is 0 Å². The zero-order valence-corrected chi connectivity index (χ0v) is 11.8. The molecule has 1 heterocycles. The van der Waals surface area contributed by atoms with Crippen molar-refractivity contribution in [2.24, 2.45) is 5.92 Å². The predicted octanol–water partition coefficient (Wildman–Crippen LogP) is 3.38. The van der Waals surface area contributed by atoms with Crippen LogP contribution in [0.1, 0.15) is 43.9 Å². The molecule has 1 aliphatic carbocycles. The Morgan fingerprint density at radius 3 is 2.94 bits per heavy atom. The summed E-state index contributed by atoms with van der Waals surface area (Å²) in [5.41, 5.74) is 0.959. The van der Waals surface area contributed by atoms with Crippen molar-refractivity contribution in [3.05, 3.63) is 16.3 Å². The second-order valence-corrected chi connectivity index (χ2v) is 6.06. The van der Waals surface area contributed by atoms with Crippen molar-refractivity contribution in [2.45, 2.75) is 45.6 Å². The van der Waals surface area contributed by atoms with Gasteiger partial charge < -0.3 is 10.6 Å². The summed E-state index contributed by atoms with van der Waals surface area (Å²) in [6.45, 7) is 3.50. The quantitative estimate of drug-likeness (QED) is 0.775. The number of thiophene rings is 1. The van der Waals surface area contributed by atoms with Crippen LogP contribution >= 0.6 is 11.3 Å². The lowest BCUT2D eigenvalue weighted by Crippen LogP contribution is -2.17. The van der Waals surface area contributed by atoms with E-state index >= 15 is 0 Å². The summed E-state index contributed by atoms with van der Waals surface area (Å²) >= 11 is 1.70. The Hall–Kier alpha value is -0.870. The summed E-state index contributed by atoms with van der Waals surface area (Å²) in [7, 11) is 0. The Morgan fingerprint density at radius 2 is 2.22 bits per heavy atom. The lowest BCUT2D eigenvalue weighted by atomic mass is 10.0. The highest BCUT2D eigenvalue weighted by molar-refractivity contribution is 7.10. The molecule has 0 saturated heterocycles. The maximum atomic E-state index is 11.0. The highest BCUT2D eigenvalue weighted by Gasteiger charge is 2.14. The second-order valence-electron chi connectivity index (χ2n) is 5.05. The first kappa shape index (κ1) is 13.6. The van der Waals surface area contributed by atoms with E-state index in [1.807, 2.05) is 11.4 Å². The van der Waals surface area contributed by atoms with Gasteiger partial charge in [0.1, 0.15) is 0 Å². The molecule has 0 bridgehead atoms. The molecule has 0 radical (unpaired) electrons. The molecule has 0 unspecified atom stereocenters. The predicted molar refractivity (Wildman–Crippen MR) is 76.9 cm³/mol. The Labute approximate surface area is 113 Å². The minimum absolute atomic E-state index is 0.000561. The summed E-state index contributed by atoms with van der Waals surface area (Å²) < 4.78 is 0. The van der Waals surface area contributed by atoms with Crippen molar-refractivity contribution in [1.82, 2.24) is 5.32 Å². The van der Waals surface area contributed by atoms with E-state index in [9.17, 15) is 4.79 Å². The summed E-state index contributed by atoms with van der Waals surface area (Å²) in [6.07, 6.45) is 6.96. The van der Waals surface area contributed by atoms with Crippen molar-refractivity contribution >= 4 is 22.9 Å². The fourth-order valence-corrected chi connectivity index (χ4v) is 3.39. The number of carbonyl (C=O) groups is 1. The van der Waals surface area contributed by atoms with Crippen molar-refractivity contribution in [3.63, 3.8) is 0 Å². The second kappa shape index (κ2) is 6.90. The van der Waals surface area contributed by atoms with Crippen LogP contribution in [-0.4, -0.2) is 12.5 Å². The van der Waals surface area contributed by atoms with Gasteiger partial charge in [0.25, 0.3) is 0 Å². The molecule has 0 spiro atoms. The molecule has 1 amide bonds. The molecule has 2 N–H and O–H groups in total. The molecule has 0 aromatic carbocycles. The van der Waals surface area contributed by atoms with Gasteiger partial charge in [-0.05, 0) is 30.3 Å². The summed E-state index contributed by atoms with van der Waals surface area (Å²) in [6, 6.07) is 1.97. The normalized spacial score (nSPS) is 16.1. The third-order valence-electron chi connectivity index (χ3n) is 3.55. The number of amides is 1. The molecule has 4 heteroatoms. The van der Waals surface area contributed by atoms with Gasteiger partial charge in [-0.25, -0.2) is 0 Å². The van der Waals surface area contributed by atoms with Crippen LogP contribution < -0.4 is 10.6 Å². The van der Waals surface area contributed by atoms with Gasteiger partial charge in [-0.1, -0.05) is 25.7 Å². The number of hydrogen-bond donors (Lipinski definition) is 2. The number of anilines is 1. The number of nitrogens with one attached hydrogen (secondary N) is 2. The molecule has 1 saturated carbocycles. The fraction of sp³-hybridized carbons (Fsp3) is 0.643. The van der Waals surface area contributed by atoms with Gasteiger partial charge in [0.05, 0.1) is 5.69 Å². The maximum absolute atomic E-state index is 11.0. The van der Waals surface area contributed by atoms with E-state index in [2.05, 4.69) is 10.6 Å². The molecule has 1 aromatic heterocycles. The third kappa shape index (κ3) is 4.10. The molecule has 0 aliphatic heterocycles.